The number of halogens is 1. The highest BCUT2D eigenvalue weighted by Gasteiger charge is 2.35. The monoisotopic (exact) mass is 691 g/mol. The number of hydrogen-bond acceptors (Lipinski definition) is 10. The largest absolute Gasteiger partial charge is 0.491 e. The molecule has 0 radical (unpaired) electrons. The van der Waals surface area contributed by atoms with E-state index in [0.717, 1.165) is 0 Å². The Morgan fingerprint density at radius 1 is 1.08 bits per heavy atom. The number of carbonyl (C=O) groups excluding carboxylic acids is 1. The molecule has 11 nitrogen and oxygen atoms in total. The predicted molar refractivity (Wildman–Crippen MR) is 183 cm³/mol. The van der Waals surface area contributed by atoms with Gasteiger partial charge in [0.15, 0.2) is 16.3 Å². The number of hydrogen-bond donors (Lipinski definition) is 0. The molecule has 0 unspecified atom stereocenters. The van der Waals surface area contributed by atoms with Gasteiger partial charge in [-0.05, 0) is 70.0 Å². The van der Waals surface area contributed by atoms with Gasteiger partial charge in [-0.2, -0.15) is 0 Å². The third-order valence-electron chi connectivity index (χ3n) is 7.23. The second-order valence-electron chi connectivity index (χ2n) is 11.0. The molecule has 5 rings (SSSR count). The van der Waals surface area contributed by atoms with Crippen LogP contribution in [0.5, 0.6) is 17.2 Å². The van der Waals surface area contributed by atoms with Crippen molar-refractivity contribution in [1.82, 2.24) is 4.57 Å². The van der Waals surface area contributed by atoms with Crippen molar-refractivity contribution in [3.63, 3.8) is 0 Å². The fourth-order valence-electron chi connectivity index (χ4n) is 5.29. The molecule has 1 aliphatic heterocycles. The van der Waals surface area contributed by atoms with Gasteiger partial charge in [-0.3, -0.25) is 19.5 Å². The van der Waals surface area contributed by atoms with Crippen molar-refractivity contribution < 1.29 is 28.7 Å². The fourth-order valence-corrected chi connectivity index (χ4v) is 6.61. The van der Waals surface area contributed by atoms with Crippen molar-refractivity contribution in [3.8, 4) is 17.2 Å². The predicted octanol–water partition coefficient (Wildman–Crippen LogP) is 6.12. The summed E-state index contributed by atoms with van der Waals surface area (Å²) in [5.74, 6) is 0.580. The van der Waals surface area contributed by atoms with Crippen LogP contribution in [0, 0.1) is 10.1 Å². The molecular formula is C35H34ClN3O8S. The standard InChI is InChI=1S/C35H34ClN3O8S/c1-6-44-28-17-23(16-26(36)32(28)46-19-22-11-10-12-24(15-22)39(42)43)18-29-33(40)38-31(25-13-8-9-14-27(25)47-20(3)4)30(34(41)45-7-2)21(5)37-35(38)48-29/h8-18,20,31H,6-7,19H2,1-5H3/b29-18+/t31-/m1/s1. The molecule has 13 heteroatoms. The maximum Gasteiger partial charge on any atom is 0.338 e. The van der Waals surface area contributed by atoms with Crippen LogP contribution in [-0.4, -0.2) is 34.8 Å². The van der Waals surface area contributed by atoms with Gasteiger partial charge >= 0.3 is 5.97 Å². The Hall–Kier alpha value is -4.94. The molecule has 0 fully saturated rings. The molecule has 48 heavy (non-hydrogen) atoms. The van der Waals surface area contributed by atoms with Crippen molar-refractivity contribution in [3.05, 3.63) is 123 Å². The summed E-state index contributed by atoms with van der Waals surface area (Å²) in [7, 11) is 0. The molecule has 4 aromatic rings. The summed E-state index contributed by atoms with van der Waals surface area (Å²) >= 11 is 7.86. The first-order chi connectivity index (χ1) is 23.0. The molecule has 0 bridgehead atoms. The minimum atomic E-state index is -0.843. The lowest BCUT2D eigenvalue weighted by atomic mass is 9.95. The number of allylic oxidation sites excluding steroid dienone is 1. The number of non-ortho nitro benzene ring substituents is 1. The van der Waals surface area contributed by atoms with Crippen LogP contribution in [0.1, 0.15) is 57.4 Å². The van der Waals surface area contributed by atoms with Crippen LogP contribution in [0.4, 0.5) is 5.69 Å². The van der Waals surface area contributed by atoms with E-state index in [-0.39, 0.29) is 46.9 Å². The molecule has 3 aromatic carbocycles. The lowest BCUT2D eigenvalue weighted by Crippen LogP contribution is -2.40. The van der Waals surface area contributed by atoms with Crippen LogP contribution in [0.15, 0.2) is 81.7 Å². The zero-order chi connectivity index (χ0) is 34.5. The number of esters is 1. The van der Waals surface area contributed by atoms with E-state index in [1.54, 1.807) is 44.2 Å². The lowest BCUT2D eigenvalue weighted by molar-refractivity contribution is -0.384. The van der Waals surface area contributed by atoms with Gasteiger partial charge in [0, 0.05) is 17.7 Å². The number of carbonyl (C=O) groups is 1. The SMILES string of the molecule is CCOC(=O)C1=C(C)N=c2s/c(=C/c3cc(Cl)c(OCc4cccc([N+](=O)[O-])c4)c(OCC)c3)c(=O)n2[C@@H]1c1ccccc1OC(C)C. The molecule has 1 aliphatic rings. The molecule has 0 spiro atoms. The first kappa shape index (κ1) is 34.4. The third kappa shape index (κ3) is 7.29. The van der Waals surface area contributed by atoms with Gasteiger partial charge in [0.2, 0.25) is 0 Å². The second kappa shape index (κ2) is 14.9. The van der Waals surface area contributed by atoms with Gasteiger partial charge < -0.3 is 18.9 Å². The van der Waals surface area contributed by atoms with Crippen LogP contribution in [0.2, 0.25) is 5.02 Å². The molecule has 2 heterocycles. The summed E-state index contributed by atoms with van der Waals surface area (Å²) in [5, 5.41) is 11.4. The number of aromatic nitrogens is 1. The molecule has 0 N–H and O–H groups in total. The Labute approximate surface area is 285 Å². The van der Waals surface area contributed by atoms with Crippen molar-refractivity contribution in [2.45, 2.75) is 53.4 Å². The van der Waals surface area contributed by atoms with Gasteiger partial charge in [-0.15, -0.1) is 0 Å². The van der Waals surface area contributed by atoms with Gasteiger partial charge in [-0.1, -0.05) is 53.3 Å². The third-order valence-corrected chi connectivity index (χ3v) is 8.49. The van der Waals surface area contributed by atoms with Gasteiger partial charge in [-0.25, -0.2) is 9.79 Å². The van der Waals surface area contributed by atoms with Gasteiger partial charge in [0.05, 0.1) is 45.1 Å². The number of fused-ring (bicyclic) bond motifs is 1. The minimum Gasteiger partial charge on any atom is -0.491 e. The molecule has 0 aliphatic carbocycles. The fraction of sp³-hybridized carbons (Fsp3) is 0.286. The van der Waals surface area contributed by atoms with E-state index in [1.165, 1.54) is 28.0 Å². The van der Waals surface area contributed by atoms with E-state index in [9.17, 15) is 19.7 Å². The highest BCUT2D eigenvalue weighted by Crippen LogP contribution is 2.38. The highest BCUT2D eigenvalue weighted by molar-refractivity contribution is 7.07. The van der Waals surface area contributed by atoms with E-state index in [0.29, 0.717) is 49.8 Å². The summed E-state index contributed by atoms with van der Waals surface area (Å²) in [5.41, 5.74) is 2.06. The topological polar surface area (TPSA) is 131 Å². The zero-order valence-corrected chi connectivity index (χ0v) is 28.6. The van der Waals surface area contributed by atoms with Crippen molar-refractivity contribution in [2.75, 3.05) is 13.2 Å². The van der Waals surface area contributed by atoms with Crippen molar-refractivity contribution in [1.29, 1.82) is 0 Å². The Kier molecular flexibility index (Phi) is 10.7. The van der Waals surface area contributed by atoms with Gasteiger partial charge in [0.25, 0.3) is 11.2 Å². The second-order valence-corrected chi connectivity index (χ2v) is 12.4. The van der Waals surface area contributed by atoms with E-state index >= 15 is 0 Å². The quantitative estimate of drug-likeness (QED) is 0.0986. The van der Waals surface area contributed by atoms with Crippen LogP contribution in [0.25, 0.3) is 6.08 Å². The van der Waals surface area contributed by atoms with Gasteiger partial charge in [0.1, 0.15) is 18.4 Å². The lowest BCUT2D eigenvalue weighted by Gasteiger charge is -2.26. The maximum atomic E-state index is 14.2. The summed E-state index contributed by atoms with van der Waals surface area (Å²) in [6.45, 7) is 9.55. The number of nitro benzene ring substituents is 1. The highest BCUT2D eigenvalue weighted by atomic mass is 35.5. The first-order valence-corrected chi connectivity index (χ1v) is 16.5. The zero-order valence-electron chi connectivity index (χ0n) is 27.0. The Bertz CT molecular complexity index is 2090. The maximum absolute atomic E-state index is 14.2. The van der Waals surface area contributed by atoms with Crippen LogP contribution < -0.4 is 29.1 Å². The van der Waals surface area contributed by atoms with E-state index in [4.69, 9.17) is 30.5 Å². The van der Waals surface area contributed by atoms with Crippen LogP contribution in [0.3, 0.4) is 0 Å². The number of rotatable bonds is 12. The number of thiazole rings is 1. The van der Waals surface area contributed by atoms with E-state index in [2.05, 4.69) is 4.99 Å². The average molecular weight is 692 g/mol. The number of para-hydroxylation sites is 1. The van der Waals surface area contributed by atoms with Crippen LogP contribution in [-0.2, 0) is 16.1 Å². The first-order valence-electron chi connectivity index (χ1n) is 15.3. The molecule has 1 atom stereocenters. The Balaban J connectivity index is 1.59. The number of nitrogens with zero attached hydrogens (tertiary/aromatic N) is 3. The average Bonchev–Trinajstić information content (AvgIpc) is 3.34. The molecular weight excluding hydrogens is 658 g/mol. The summed E-state index contributed by atoms with van der Waals surface area (Å²) < 4.78 is 25.2. The van der Waals surface area contributed by atoms with Crippen molar-refractivity contribution >= 4 is 40.7 Å². The van der Waals surface area contributed by atoms with E-state index < -0.39 is 16.9 Å². The number of benzene rings is 3. The molecule has 0 amide bonds. The van der Waals surface area contributed by atoms with E-state index in [1.807, 2.05) is 45.0 Å². The normalized spacial score (nSPS) is 14.4. The summed E-state index contributed by atoms with van der Waals surface area (Å²) in [6.07, 6.45) is 1.53. The number of ether oxygens (including phenoxy) is 4. The Morgan fingerprint density at radius 3 is 2.56 bits per heavy atom. The molecule has 0 saturated heterocycles. The molecule has 1 aromatic heterocycles. The smallest absolute Gasteiger partial charge is 0.338 e. The Morgan fingerprint density at radius 2 is 1.85 bits per heavy atom. The summed E-state index contributed by atoms with van der Waals surface area (Å²) in [4.78, 5) is 43.3. The molecule has 0 saturated carbocycles. The van der Waals surface area contributed by atoms with Crippen LogP contribution >= 0.6 is 22.9 Å². The summed E-state index contributed by atoms with van der Waals surface area (Å²) in [6, 6.07) is 15.9. The molecule has 250 valence electrons. The minimum absolute atomic E-state index is 0.0174. The number of nitro groups is 1. The van der Waals surface area contributed by atoms with Crippen molar-refractivity contribution in [2.24, 2.45) is 4.99 Å².